The van der Waals surface area contributed by atoms with Gasteiger partial charge in [0.2, 0.25) is 5.91 Å². The van der Waals surface area contributed by atoms with Gasteiger partial charge in [-0.1, -0.05) is 35.3 Å². The van der Waals surface area contributed by atoms with Crippen LogP contribution in [0.2, 0.25) is 10.0 Å². The van der Waals surface area contributed by atoms with Gasteiger partial charge in [-0.25, -0.2) is 0 Å². The van der Waals surface area contributed by atoms with Crippen LogP contribution in [-0.2, 0) is 24.2 Å². The first-order valence-corrected chi connectivity index (χ1v) is 10.2. The average Bonchev–Trinajstić information content (AvgIpc) is 2.99. The summed E-state index contributed by atoms with van der Waals surface area (Å²) in [7, 11) is 0. The third-order valence-corrected chi connectivity index (χ3v) is 6.65. The number of benzene rings is 2. The Hall–Kier alpha value is -1.88. The van der Waals surface area contributed by atoms with Crippen LogP contribution in [0.1, 0.15) is 39.9 Å². The molecule has 1 saturated heterocycles. The second-order valence-electron chi connectivity index (χ2n) is 7.73. The Labute approximate surface area is 174 Å². The zero-order chi connectivity index (χ0) is 19.9. The van der Waals surface area contributed by atoms with Crippen molar-refractivity contribution in [2.24, 2.45) is 5.41 Å². The van der Waals surface area contributed by atoms with Crippen molar-refractivity contribution in [3.63, 3.8) is 0 Å². The summed E-state index contributed by atoms with van der Waals surface area (Å²) in [5.74, 6) is -0.148. The SMILES string of the molecule is O=C(CO)c1ccc2c(c1)C[C@@]1(CC2)CCN(Cc2cc(Cl)ccc2Cl)C1=O. The Bertz CT molecular complexity index is 959. The predicted molar refractivity (Wildman–Crippen MR) is 109 cm³/mol. The first kappa shape index (κ1) is 19.4. The molecule has 6 heteroatoms. The lowest BCUT2D eigenvalue weighted by molar-refractivity contribution is -0.137. The van der Waals surface area contributed by atoms with Gasteiger partial charge in [0.05, 0.1) is 5.41 Å². The van der Waals surface area contributed by atoms with E-state index in [0.29, 0.717) is 35.1 Å². The molecule has 1 amide bonds. The number of amides is 1. The van der Waals surface area contributed by atoms with E-state index >= 15 is 0 Å². The lowest BCUT2D eigenvalue weighted by Gasteiger charge is -2.33. The van der Waals surface area contributed by atoms with Gasteiger partial charge in [-0.15, -0.1) is 0 Å². The van der Waals surface area contributed by atoms with Crippen molar-refractivity contribution in [3.05, 3.63) is 68.7 Å². The fourth-order valence-corrected chi connectivity index (χ4v) is 4.81. The van der Waals surface area contributed by atoms with Gasteiger partial charge < -0.3 is 10.0 Å². The summed E-state index contributed by atoms with van der Waals surface area (Å²) < 4.78 is 0. The van der Waals surface area contributed by atoms with Crippen molar-refractivity contribution >= 4 is 34.9 Å². The molecule has 2 aromatic carbocycles. The highest BCUT2D eigenvalue weighted by Gasteiger charge is 2.48. The molecule has 1 atom stereocenters. The highest BCUT2D eigenvalue weighted by atomic mass is 35.5. The molecule has 146 valence electrons. The molecule has 0 bridgehead atoms. The number of fused-ring (bicyclic) bond motifs is 1. The Morgan fingerprint density at radius 3 is 2.71 bits per heavy atom. The number of halogens is 2. The van der Waals surface area contributed by atoms with Crippen LogP contribution in [0.4, 0.5) is 0 Å². The van der Waals surface area contributed by atoms with Gasteiger partial charge in [-0.3, -0.25) is 9.59 Å². The highest BCUT2D eigenvalue weighted by molar-refractivity contribution is 6.33. The smallest absolute Gasteiger partial charge is 0.229 e. The third-order valence-electron chi connectivity index (χ3n) is 6.04. The molecule has 0 radical (unpaired) electrons. The number of hydrogen-bond donors (Lipinski definition) is 1. The van der Waals surface area contributed by atoms with Gasteiger partial charge in [-0.2, -0.15) is 0 Å². The molecular formula is C22H21Cl2NO3. The van der Waals surface area contributed by atoms with Gasteiger partial charge in [0, 0.05) is 28.7 Å². The molecule has 28 heavy (non-hydrogen) atoms. The van der Waals surface area contributed by atoms with Crippen molar-refractivity contribution < 1.29 is 14.7 Å². The van der Waals surface area contributed by atoms with E-state index in [1.165, 1.54) is 5.56 Å². The maximum atomic E-state index is 13.3. The number of carbonyl (C=O) groups is 2. The van der Waals surface area contributed by atoms with Crippen LogP contribution in [0.5, 0.6) is 0 Å². The maximum absolute atomic E-state index is 13.3. The molecule has 4 nitrogen and oxygen atoms in total. The summed E-state index contributed by atoms with van der Waals surface area (Å²) in [4.78, 5) is 27.0. The standard InChI is InChI=1S/C22H21Cl2NO3/c23-18-3-4-19(24)17(10-18)12-25-8-7-22(21(25)28)6-5-14-1-2-15(20(27)13-26)9-16(14)11-22/h1-4,9-10,26H,5-8,11-13H2/t22-/m1/s1. The molecule has 1 aliphatic carbocycles. The van der Waals surface area contributed by atoms with E-state index < -0.39 is 12.0 Å². The molecule has 2 aliphatic rings. The van der Waals surface area contributed by atoms with Crippen LogP contribution < -0.4 is 0 Å². The van der Waals surface area contributed by atoms with E-state index in [0.717, 1.165) is 30.4 Å². The van der Waals surface area contributed by atoms with Crippen molar-refractivity contribution in [2.75, 3.05) is 13.2 Å². The second kappa shape index (κ2) is 7.51. The van der Waals surface area contributed by atoms with Crippen molar-refractivity contribution in [1.29, 1.82) is 0 Å². The van der Waals surface area contributed by atoms with E-state index in [2.05, 4.69) is 0 Å². The van der Waals surface area contributed by atoms with Gasteiger partial charge in [0.25, 0.3) is 0 Å². The molecule has 1 aliphatic heterocycles. The van der Waals surface area contributed by atoms with Gasteiger partial charge in [-0.05, 0) is 66.6 Å². The average molecular weight is 418 g/mol. The van der Waals surface area contributed by atoms with E-state index in [1.54, 1.807) is 18.2 Å². The topological polar surface area (TPSA) is 57.6 Å². The van der Waals surface area contributed by atoms with Crippen LogP contribution in [0.15, 0.2) is 36.4 Å². The molecule has 4 rings (SSSR count). The molecule has 0 aromatic heterocycles. The summed E-state index contributed by atoms with van der Waals surface area (Å²) in [5.41, 5.74) is 3.17. The van der Waals surface area contributed by atoms with Crippen LogP contribution in [0.25, 0.3) is 0 Å². The van der Waals surface area contributed by atoms with Gasteiger partial charge >= 0.3 is 0 Å². The lowest BCUT2D eigenvalue weighted by Crippen LogP contribution is -2.38. The molecule has 1 spiro atoms. The summed E-state index contributed by atoms with van der Waals surface area (Å²) >= 11 is 12.4. The van der Waals surface area contributed by atoms with Gasteiger partial charge in [0.15, 0.2) is 5.78 Å². The number of rotatable bonds is 4. The zero-order valence-corrected chi connectivity index (χ0v) is 16.9. The minimum Gasteiger partial charge on any atom is -0.388 e. The molecule has 1 N–H and O–H groups in total. The molecule has 0 unspecified atom stereocenters. The Kier molecular flexibility index (Phi) is 5.21. The fraction of sp³-hybridized carbons (Fsp3) is 0.364. The Balaban J connectivity index is 1.56. The van der Waals surface area contributed by atoms with Crippen LogP contribution >= 0.6 is 23.2 Å². The van der Waals surface area contributed by atoms with E-state index in [9.17, 15) is 9.59 Å². The van der Waals surface area contributed by atoms with E-state index in [4.69, 9.17) is 28.3 Å². The summed E-state index contributed by atoms with van der Waals surface area (Å²) in [6.45, 7) is 0.638. The number of nitrogens with zero attached hydrogens (tertiary/aromatic N) is 1. The number of likely N-dealkylation sites (tertiary alicyclic amines) is 1. The minimum atomic E-state index is -0.503. The largest absolute Gasteiger partial charge is 0.388 e. The number of aliphatic hydroxyl groups excluding tert-OH is 1. The number of Topliss-reactive ketones (excluding diaryl/α,β-unsaturated/α-hetero) is 1. The maximum Gasteiger partial charge on any atom is 0.229 e. The molecule has 0 saturated carbocycles. The first-order valence-electron chi connectivity index (χ1n) is 9.41. The monoisotopic (exact) mass is 417 g/mol. The van der Waals surface area contributed by atoms with Crippen molar-refractivity contribution in [2.45, 2.75) is 32.2 Å². The lowest BCUT2D eigenvalue weighted by atomic mass is 9.70. The Morgan fingerprint density at radius 2 is 1.93 bits per heavy atom. The number of aryl methyl sites for hydroxylation is 1. The summed E-state index contributed by atoms with van der Waals surface area (Å²) in [5, 5.41) is 10.3. The number of aliphatic hydroxyl groups is 1. The zero-order valence-electron chi connectivity index (χ0n) is 15.4. The minimum absolute atomic E-state index is 0.146. The highest BCUT2D eigenvalue weighted by Crippen LogP contribution is 2.44. The van der Waals surface area contributed by atoms with E-state index in [1.807, 2.05) is 23.1 Å². The van der Waals surface area contributed by atoms with E-state index in [-0.39, 0.29) is 11.7 Å². The second-order valence-corrected chi connectivity index (χ2v) is 8.58. The predicted octanol–water partition coefficient (Wildman–Crippen LogP) is 4.08. The molecule has 1 heterocycles. The summed E-state index contributed by atoms with van der Waals surface area (Å²) in [6.07, 6.45) is 3.06. The fourth-order valence-electron chi connectivity index (χ4n) is 4.44. The van der Waals surface area contributed by atoms with Crippen molar-refractivity contribution in [3.8, 4) is 0 Å². The number of hydrogen-bond acceptors (Lipinski definition) is 3. The van der Waals surface area contributed by atoms with Gasteiger partial charge in [0.1, 0.15) is 6.61 Å². The first-order chi connectivity index (χ1) is 13.4. The number of carbonyl (C=O) groups excluding carboxylic acids is 2. The summed E-state index contributed by atoms with van der Waals surface area (Å²) in [6, 6.07) is 10.9. The molecule has 1 fully saturated rings. The Morgan fingerprint density at radius 1 is 1.11 bits per heavy atom. The van der Waals surface area contributed by atoms with Crippen LogP contribution in [-0.4, -0.2) is 34.8 Å². The molecule has 2 aromatic rings. The van der Waals surface area contributed by atoms with Crippen LogP contribution in [0.3, 0.4) is 0 Å². The molecular weight excluding hydrogens is 397 g/mol. The van der Waals surface area contributed by atoms with Crippen LogP contribution in [0, 0.1) is 5.41 Å². The number of ketones is 1. The quantitative estimate of drug-likeness (QED) is 0.762. The third kappa shape index (κ3) is 3.45. The normalized spacial score (nSPS) is 21.2. The van der Waals surface area contributed by atoms with Crippen molar-refractivity contribution in [1.82, 2.24) is 4.90 Å².